The van der Waals surface area contributed by atoms with Crippen molar-refractivity contribution < 1.29 is 29.4 Å². The second-order valence-electron chi connectivity index (χ2n) is 4.19. The topological polar surface area (TPSA) is 124 Å². The van der Waals surface area contributed by atoms with Gasteiger partial charge in [-0.3, -0.25) is 14.4 Å². The van der Waals surface area contributed by atoms with Gasteiger partial charge in [-0.25, -0.2) is 4.79 Å². The summed E-state index contributed by atoms with van der Waals surface area (Å²) >= 11 is 1.22. The standard InChI is InChI=1S/C12H14N2O6S/c1-14(11(18)8-3-2-4-21-8)6-9(15)13-7(12(19)20)5-10(16)17/h2-4,7H,5-6H2,1H3,(H,13,15)(H,16,17)(H,19,20). The summed E-state index contributed by atoms with van der Waals surface area (Å²) in [5.74, 6) is -3.90. The van der Waals surface area contributed by atoms with Crippen LogP contribution in [0.3, 0.4) is 0 Å². The Labute approximate surface area is 124 Å². The van der Waals surface area contributed by atoms with E-state index in [1.165, 1.54) is 18.4 Å². The number of nitrogens with zero attached hydrogens (tertiary/aromatic N) is 1. The van der Waals surface area contributed by atoms with E-state index < -0.39 is 30.3 Å². The van der Waals surface area contributed by atoms with E-state index in [9.17, 15) is 19.2 Å². The van der Waals surface area contributed by atoms with Gasteiger partial charge in [0, 0.05) is 7.05 Å². The fourth-order valence-electron chi connectivity index (χ4n) is 1.49. The average molecular weight is 314 g/mol. The third kappa shape index (κ3) is 5.22. The van der Waals surface area contributed by atoms with Crippen molar-refractivity contribution in [2.45, 2.75) is 12.5 Å². The Hall–Kier alpha value is -2.42. The zero-order valence-corrected chi connectivity index (χ0v) is 11.9. The minimum Gasteiger partial charge on any atom is -0.481 e. The first-order valence-corrected chi connectivity index (χ1v) is 6.72. The summed E-state index contributed by atoms with van der Waals surface area (Å²) in [6.07, 6.45) is -0.732. The van der Waals surface area contributed by atoms with E-state index in [0.29, 0.717) is 4.88 Å². The molecule has 114 valence electrons. The van der Waals surface area contributed by atoms with E-state index in [0.717, 1.165) is 4.90 Å². The van der Waals surface area contributed by atoms with Crippen molar-refractivity contribution in [3.8, 4) is 0 Å². The van der Waals surface area contributed by atoms with Gasteiger partial charge in [-0.1, -0.05) is 6.07 Å². The Balaban J connectivity index is 2.57. The molecule has 1 aromatic rings. The van der Waals surface area contributed by atoms with Crippen LogP contribution in [0.15, 0.2) is 17.5 Å². The van der Waals surface area contributed by atoms with Crippen LogP contribution in [0.2, 0.25) is 0 Å². The van der Waals surface area contributed by atoms with E-state index >= 15 is 0 Å². The molecular formula is C12H14N2O6S. The van der Waals surface area contributed by atoms with Crippen LogP contribution < -0.4 is 5.32 Å². The molecule has 1 rings (SSSR count). The van der Waals surface area contributed by atoms with E-state index in [4.69, 9.17) is 10.2 Å². The highest BCUT2D eigenvalue weighted by Crippen LogP contribution is 2.10. The third-order valence-corrected chi connectivity index (χ3v) is 3.33. The third-order valence-electron chi connectivity index (χ3n) is 2.47. The van der Waals surface area contributed by atoms with Gasteiger partial charge in [0.05, 0.1) is 17.8 Å². The molecule has 1 aromatic heterocycles. The molecule has 8 nitrogen and oxygen atoms in total. The maximum absolute atomic E-state index is 11.9. The van der Waals surface area contributed by atoms with Crippen molar-refractivity contribution in [2.75, 3.05) is 13.6 Å². The van der Waals surface area contributed by atoms with Crippen molar-refractivity contribution in [1.82, 2.24) is 10.2 Å². The zero-order valence-electron chi connectivity index (χ0n) is 11.1. The SMILES string of the molecule is CN(CC(=O)NC(CC(=O)O)C(=O)O)C(=O)c1cccs1. The molecule has 0 saturated carbocycles. The molecule has 1 unspecified atom stereocenters. The Morgan fingerprint density at radius 2 is 2.00 bits per heavy atom. The van der Waals surface area contributed by atoms with Crippen LogP contribution in [0.1, 0.15) is 16.1 Å². The second kappa shape index (κ2) is 7.39. The zero-order chi connectivity index (χ0) is 16.0. The molecule has 0 aliphatic heterocycles. The molecule has 0 fully saturated rings. The molecule has 21 heavy (non-hydrogen) atoms. The Kier molecular flexibility index (Phi) is 5.85. The van der Waals surface area contributed by atoms with Gasteiger partial charge in [-0.05, 0) is 11.4 Å². The molecular weight excluding hydrogens is 300 g/mol. The molecule has 1 heterocycles. The van der Waals surface area contributed by atoms with Crippen molar-refractivity contribution in [1.29, 1.82) is 0 Å². The van der Waals surface area contributed by atoms with Crippen LogP contribution in [-0.2, 0) is 14.4 Å². The number of carboxylic acid groups (broad SMARTS) is 2. The summed E-state index contributed by atoms with van der Waals surface area (Å²) in [5.41, 5.74) is 0. The number of nitrogens with one attached hydrogen (secondary N) is 1. The van der Waals surface area contributed by atoms with E-state index in [2.05, 4.69) is 5.32 Å². The molecule has 0 aliphatic rings. The minimum atomic E-state index is -1.53. The highest BCUT2D eigenvalue weighted by atomic mass is 32.1. The van der Waals surface area contributed by atoms with Crippen molar-refractivity contribution in [3.63, 3.8) is 0 Å². The van der Waals surface area contributed by atoms with Gasteiger partial charge in [0.1, 0.15) is 6.04 Å². The minimum absolute atomic E-state index is 0.361. The number of hydrogen-bond donors (Lipinski definition) is 3. The highest BCUT2D eigenvalue weighted by molar-refractivity contribution is 7.12. The number of carbonyl (C=O) groups is 4. The van der Waals surface area contributed by atoms with Crippen molar-refractivity contribution in [3.05, 3.63) is 22.4 Å². The quantitative estimate of drug-likeness (QED) is 0.643. The van der Waals surface area contributed by atoms with Gasteiger partial charge < -0.3 is 20.4 Å². The van der Waals surface area contributed by atoms with Gasteiger partial charge in [0.25, 0.3) is 5.91 Å². The number of amides is 2. The van der Waals surface area contributed by atoms with Crippen LogP contribution in [0.5, 0.6) is 0 Å². The number of likely N-dealkylation sites (N-methyl/N-ethyl adjacent to an activating group) is 1. The maximum atomic E-state index is 11.9. The van der Waals surface area contributed by atoms with Crippen molar-refractivity contribution in [2.24, 2.45) is 0 Å². The number of carboxylic acids is 2. The first-order valence-electron chi connectivity index (χ1n) is 5.84. The lowest BCUT2D eigenvalue weighted by molar-refractivity contribution is -0.147. The first kappa shape index (κ1) is 16.6. The summed E-state index contributed by atoms with van der Waals surface area (Å²) in [5, 5.41) is 21.2. The molecule has 0 spiro atoms. The Morgan fingerprint density at radius 1 is 1.33 bits per heavy atom. The lowest BCUT2D eigenvalue weighted by atomic mass is 10.2. The lowest BCUT2D eigenvalue weighted by Crippen LogP contribution is -2.46. The molecule has 2 amide bonds. The fourth-order valence-corrected chi connectivity index (χ4v) is 2.21. The van der Waals surface area contributed by atoms with Crippen LogP contribution in [-0.4, -0.2) is 58.5 Å². The number of carbonyl (C=O) groups excluding carboxylic acids is 2. The van der Waals surface area contributed by atoms with Gasteiger partial charge >= 0.3 is 11.9 Å². The summed E-state index contributed by atoms with van der Waals surface area (Å²) < 4.78 is 0. The molecule has 0 bridgehead atoms. The highest BCUT2D eigenvalue weighted by Gasteiger charge is 2.24. The van der Waals surface area contributed by atoms with Gasteiger partial charge in [0.15, 0.2) is 0 Å². The molecule has 1 atom stereocenters. The number of aliphatic carboxylic acids is 2. The number of rotatable bonds is 7. The van der Waals surface area contributed by atoms with Gasteiger partial charge in [-0.2, -0.15) is 0 Å². The lowest BCUT2D eigenvalue weighted by Gasteiger charge is -2.18. The molecule has 0 saturated heterocycles. The second-order valence-corrected chi connectivity index (χ2v) is 5.14. The molecule has 0 radical (unpaired) electrons. The van der Waals surface area contributed by atoms with Gasteiger partial charge in [0.2, 0.25) is 5.91 Å². The summed E-state index contributed by atoms with van der Waals surface area (Å²) in [6.45, 7) is -0.361. The molecule has 0 aliphatic carbocycles. The van der Waals surface area contributed by atoms with Gasteiger partial charge in [-0.15, -0.1) is 11.3 Å². The fraction of sp³-hybridized carbons (Fsp3) is 0.333. The van der Waals surface area contributed by atoms with E-state index in [1.54, 1.807) is 17.5 Å². The monoisotopic (exact) mass is 314 g/mol. The summed E-state index contributed by atoms with van der Waals surface area (Å²) in [7, 11) is 1.40. The van der Waals surface area contributed by atoms with Crippen LogP contribution >= 0.6 is 11.3 Å². The summed E-state index contributed by atoms with van der Waals surface area (Å²) in [4.78, 5) is 46.4. The number of hydrogen-bond acceptors (Lipinski definition) is 5. The van der Waals surface area contributed by atoms with E-state index in [-0.39, 0.29) is 12.5 Å². The average Bonchev–Trinajstić information content (AvgIpc) is 2.89. The number of thiophene rings is 1. The maximum Gasteiger partial charge on any atom is 0.326 e. The smallest absolute Gasteiger partial charge is 0.326 e. The predicted octanol–water partition coefficient (Wildman–Crippen LogP) is -0.136. The van der Waals surface area contributed by atoms with Crippen LogP contribution in [0.4, 0.5) is 0 Å². The molecule has 0 aromatic carbocycles. The van der Waals surface area contributed by atoms with Crippen LogP contribution in [0.25, 0.3) is 0 Å². The molecule has 9 heteroatoms. The first-order chi connectivity index (χ1) is 9.81. The van der Waals surface area contributed by atoms with E-state index in [1.807, 2.05) is 0 Å². The Morgan fingerprint density at radius 3 is 2.48 bits per heavy atom. The van der Waals surface area contributed by atoms with Crippen LogP contribution in [0, 0.1) is 0 Å². The largest absolute Gasteiger partial charge is 0.481 e. The Bertz CT molecular complexity index is 542. The summed E-state index contributed by atoms with van der Waals surface area (Å²) in [6, 6.07) is 1.77. The predicted molar refractivity (Wildman–Crippen MR) is 73.1 cm³/mol. The molecule has 3 N–H and O–H groups in total. The van der Waals surface area contributed by atoms with Crippen molar-refractivity contribution >= 4 is 35.1 Å². The normalized spacial score (nSPS) is 11.5.